The molecule has 1 saturated heterocycles. The Kier molecular flexibility index (Phi) is 6.26. The number of rotatable bonds is 2. The van der Waals surface area contributed by atoms with Gasteiger partial charge < -0.3 is 15.7 Å². The quantitative estimate of drug-likeness (QED) is 0.619. The maximum atomic E-state index is 10.9. The maximum absolute atomic E-state index is 10.9. The van der Waals surface area contributed by atoms with Gasteiger partial charge in [0, 0.05) is 18.7 Å². The van der Waals surface area contributed by atoms with Gasteiger partial charge in [-0.3, -0.25) is 4.79 Å². The summed E-state index contributed by atoms with van der Waals surface area (Å²) < 4.78 is 31.7. The van der Waals surface area contributed by atoms with Crippen LogP contribution in [0.5, 0.6) is 0 Å². The molecular weight excluding hydrogens is 241 g/mol. The zero-order valence-corrected chi connectivity index (χ0v) is 9.10. The van der Waals surface area contributed by atoms with Crippen molar-refractivity contribution in [3.05, 3.63) is 11.6 Å². The van der Waals surface area contributed by atoms with Gasteiger partial charge in [0.25, 0.3) is 0 Å². The van der Waals surface area contributed by atoms with E-state index >= 15 is 0 Å². The highest BCUT2D eigenvalue weighted by Gasteiger charge is 2.38. The SMILES string of the molecule is CNC/C=C1/CCNC1=O.O=C(O)C(F)(F)F. The van der Waals surface area contributed by atoms with Crippen molar-refractivity contribution in [1.29, 1.82) is 0 Å². The number of halogens is 3. The number of nitrogens with one attached hydrogen (secondary N) is 2. The predicted molar refractivity (Wildman–Crippen MR) is 53.3 cm³/mol. The monoisotopic (exact) mass is 254 g/mol. The van der Waals surface area contributed by atoms with Crippen LogP contribution in [0.15, 0.2) is 11.6 Å². The Morgan fingerprint density at radius 2 is 2.12 bits per heavy atom. The van der Waals surface area contributed by atoms with Gasteiger partial charge in [-0.05, 0) is 13.5 Å². The molecule has 98 valence electrons. The highest BCUT2D eigenvalue weighted by Crippen LogP contribution is 2.13. The minimum absolute atomic E-state index is 0.0928. The molecule has 0 saturated carbocycles. The molecule has 0 unspecified atom stereocenters. The van der Waals surface area contributed by atoms with Gasteiger partial charge in [0.15, 0.2) is 0 Å². The minimum Gasteiger partial charge on any atom is -0.475 e. The van der Waals surface area contributed by atoms with Crippen LogP contribution in [0.25, 0.3) is 0 Å². The highest BCUT2D eigenvalue weighted by molar-refractivity contribution is 5.95. The Morgan fingerprint density at radius 1 is 1.59 bits per heavy atom. The largest absolute Gasteiger partial charge is 0.490 e. The molecule has 0 aromatic carbocycles. The molecule has 0 bridgehead atoms. The van der Waals surface area contributed by atoms with Crippen LogP contribution in [0.1, 0.15) is 6.42 Å². The van der Waals surface area contributed by atoms with E-state index in [-0.39, 0.29) is 5.91 Å². The zero-order valence-electron chi connectivity index (χ0n) is 9.10. The molecule has 1 heterocycles. The Hall–Kier alpha value is -1.57. The number of amides is 1. The van der Waals surface area contributed by atoms with Crippen molar-refractivity contribution in [2.75, 3.05) is 20.1 Å². The number of alkyl halides is 3. The molecular formula is C9H13F3N2O3. The van der Waals surface area contributed by atoms with Gasteiger partial charge in [-0.1, -0.05) is 6.08 Å². The van der Waals surface area contributed by atoms with E-state index in [1.807, 2.05) is 13.1 Å². The van der Waals surface area contributed by atoms with Crippen LogP contribution < -0.4 is 10.6 Å². The van der Waals surface area contributed by atoms with Gasteiger partial charge in [0.05, 0.1) is 0 Å². The second-order valence-corrected chi connectivity index (χ2v) is 3.10. The van der Waals surface area contributed by atoms with Crippen LogP contribution >= 0.6 is 0 Å². The summed E-state index contributed by atoms with van der Waals surface area (Å²) in [6.45, 7) is 1.58. The Morgan fingerprint density at radius 3 is 2.41 bits per heavy atom. The Balaban J connectivity index is 0.000000325. The summed E-state index contributed by atoms with van der Waals surface area (Å²) in [6.07, 6.45) is -2.27. The summed E-state index contributed by atoms with van der Waals surface area (Å²) in [7, 11) is 1.86. The Bertz CT molecular complexity index is 313. The maximum Gasteiger partial charge on any atom is 0.490 e. The lowest BCUT2D eigenvalue weighted by Gasteiger charge is -1.93. The summed E-state index contributed by atoms with van der Waals surface area (Å²) in [4.78, 5) is 19.8. The molecule has 0 radical (unpaired) electrons. The van der Waals surface area contributed by atoms with Crippen LogP contribution in [0.4, 0.5) is 13.2 Å². The van der Waals surface area contributed by atoms with Gasteiger partial charge >= 0.3 is 12.1 Å². The van der Waals surface area contributed by atoms with E-state index in [4.69, 9.17) is 9.90 Å². The molecule has 3 N–H and O–H groups in total. The number of carboxylic acid groups (broad SMARTS) is 1. The number of carbonyl (C=O) groups excluding carboxylic acids is 1. The van der Waals surface area contributed by atoms with Gasteiger partial charge in [0.2, 0.25) is 5.91 Å². The molecule has 17 heavy (non-hydrogen) atoms. The van der Waals surface area contributed by atoms with Crippen molar-refractivity contribution >= 4 is 11.9 Å². The first-order valence-electron chi connectivity index (χ1n) is 4.71. The summed E-state index contributed by atoms with van der Waals surface area (Å²) in [5.41, 5.74) is 0.911. The van der Waals surface area contributed by atoms with E-state index in [2.05, 4.69) is 10.6 Å². The van der Waals surface area contributed by atoms with Gasteiger partial charge in [-0.2, -0.15) is 13.2 Å². The second-order valence-electron chi connectivity index (χ2n) is 3.10. The van der Waals surface area contributed by atoms with Crippen molar-refractivity contribution in [3.8, 4) is 0 Å². The van der Waals surface area contributed by atoms with E-state index in [1.165, 1.54) is 0 Å². The molecule has 5 nitrogen and oxygen atoms in total. The molecule has 1 fully saturated rings. The third-order valence-corrected chi connectivity index (χ3v) is 1.77. The Labute approximate surface area is 95.7 Å². The van der Waals surface area contributed by atoms with Crippen molar-refractivity contribution in [2.24, 2.45) is 0 Å². The van der Waals surface area contributed by atoms with E-state index in [0.29, 0.717) is 0 Å². The first-order chi connectivity index (χ1) is 7.79. The number of hydrogen-bond donors (Lipinski definition) is 3. The molecule has 0 aromatic rings. The fraction of sp³-hybridized carbons (Fsp3) is 0.556. The fourth-order valence-corrected chi connectivity index (χ4v) is 0.958. The van der Waals surface area contributed by atoms with E-state index < -0.39 is 12.1 Å². The number of hydrogen-bond acceptors (Lipinski definition) is 3. The van der Waals surface area contributed by atoms with Crippen molar-refractivity contribution in [1.82, 2.24) is 10.6 Å². The fourth-order valence-electron chi connectivity index (χ4n) is 0.958. The number of carboxylic acids is 1. The average Bonchev–Trinajstić information content (AvgIpc) is 2.60. The predicted octanol–water partition coefficient (Wildman–Crippen LogP) is 0.285. The van der Waals surface area contributed by atoms with Crippen molar-refractivity contribution in [2.45, 2.75) is 12.6 Å². The van der Waals surface area contributed by atoms with Crippen LogP contribution in [-0.4, -0.2) is 43.3 Å². The second kappa shape index (κ2) is 6.89. The number of carbonyl (C=O) groups is 2. The molecule has 0 aromatic heterocycles. The molecule has 1 rings (SSSR count). The van der Waals surface area contributed by atoms with Crippen LogP contribution in [0, 0.1) is 0 Å². The zero-order chi connectivity index (χ0) is 13.5. The van der Waals surface area contributed by atoms with Crippen LogP contribution in [0.3, 0.4) is 0 Å². The molecule has 0 spiro atoms. The molecule has 0 atom stereocenters. The highest BCUT2D eigenvalue weighted by atomic mass is 19.4. The molecule has 1 aliphatic rings. The van der Waals surface area contributed by atoms with Crippen molar-refractivity contribution in [3.63, 3.8) is 0 Å². The van der Waals surface area contributed by atoms with E-state index in [9.17, 15) is 18.0 Å². The van der Waals surface area contributed by atoms with Gasteiger partial charge in [-0.25, -0.2) is 4.79 Å². The molecule has 0 aliphatic carbocycles. The summed E-state index contributed by atoms with van der Waals surface area (Å²) in [5.74, 6) is -2.66. The molecule has 8 heteroatoms. The molecule has 1 aliphatic heterocycles. The van der Waals surface area contributed by atoms with Gasteiger partial charge in [-0.15, -0.1) is 0 Å². The lowest BCUT2D eigenvalue weighted by atomic mass is 10.2. The minimum atomic E-state index is -5.08. The van der Waals surface area contributed by atoms with Crippen molar-refractivity contribution < 1.29 is 27.9 Å². The summed E-state index contributed by atoms with van der Waals surface area (Å²) >= 11 is 0. The standard InChI is InChI=1S/C7H12N2O.C2HF3O2/c1-8-4-2-6-3-5-9-7(6)10;3-2(4,5)1(6)7/h2,8H,3-5H2,1H3,(H,9,10);(H,6,7)/b6-2-;. The normalized spacial score (nSPS) is 17.4. The third-order valence-electron chi connectivity index (χ3n) is 1.77. The van der Waals surface area contributed by atoms with E-state index in [1.54, 1.807) is 0 Å². The number of aliphatic carboxylic acids is 1. The topological polar surface area (TPSA) is 78.4 Å². The van der Waals surface area contributed by atoms with Crippen LogP contribution in [0.2, 0.25) is 0 Å². The first-order valence-corrected chi connectivity index (χ1v) is 4.71. The third kappa shape index (κ3) is 6.56. The van der Waals surface area contributed by atoms with E-state index in [0.717, 1.165) is 25.1 Å². The summed E-state index contributed by atoms with van der Waals surface area (Å²) in [5, 5.41) is 12.8. The lowest BCUT2D eigenvalue weighted by Crippen LogP contribution is -2.21. The first kappa shape index (κ1) is 15.4. The van der Waals surface area contributed by atoms with Gasteiger partial charge in [0.1, 0.15) is 0 Å². The molecule has 1 amide bonds. The summed E-state index contributed by atoms with van der Waals surface area (Å²) in [6, 6.07) is 0. The lowest BCUT2D eigenvalue weighted by molar-refractivity contribution is -0.192. The number of likely N-dealkylation sites (N-methyl/N-ethyl adjacent to an activating group) is 1. The average molecular weight is 254 g/mol. The smallest absolute Gasteiger partial charge is 0.475 e. The van der Waals surface area contributed by atoms with Crippen LogP contribution in [-0.2, 0) is 9.59 Å².